The van der Waals surface area contributed by atoms with Gasteiger partial charge < -0.3 is 14.8 Å². The number of piperidine rings is 1. The van der Waals surface area contributed by atoms with Gasteiger partial charge in [0.15, 0.2) is 5.82 Å². The molecule has 0 aromatic carbocycles. The van der Waals surface area contributed by atoms with Crippen LogP contribution in [0.1, 0.15) is 31.4 Å². The van der Waals surface area contributed by atoms with Crippen LogP contribution in [0.4, 0.5) is 0 Å². The molecule has 2 aromatic heterocycles. The zero-order valence-corrected chi connectivity index (χ0v) is 17.6. The molecule has 1 aliphatic carbocycles. The van der Waals surface area contributed by atoms with E-state index >= 15 is 0 Å². The molecular weight excluding hydrogens is 399 g/mol. The highest BCUT2D eigenvalue weighted by Crippen LogP contribution is 2.33. The van der Waals surface area contributed by atoms with Gasteiger partial charge in [0.2, 0.25) is 5.91 Å². The largest absolute Gasteiger partial charge is 0.342 e. The fraction of sp³-hybridized carbons (Fsp3) is 0.632. The first-order valence-electron chi connectivity index (χ1n) is 9.85. The summed E-state index contributed by atoms with van der Waals surface area (Å²) in [5.74, 6) is 2.15. The molecule has 4 heterocycles. The number of hydrogen-bond acceptors (Lipinski definition) is 4. The van der Waals surface area contributed by atoms with Gasteiger partial charge in [0.1, 0.15) is 5.69 Å². The fourth-order valence-electron chi connectivity index (χ4n) is 4.27. The van der Waals surface area contributed by atoms with Gasteiger partial charge in [-0.05, 0) is 37.7 Å². The summed E-state index contributed by atoms with van der Waals surface area (Å²) in [5.41, 5.74) is 2.18. The summed E-state index contributed by atoms with van der Waals surface area (Å²) in [7, 11) is 0. The minimum atomic E-state index is 0. The van der Waals surface area contributed by atoms with E-state index in [1.165, 1.54) is 12.1 Å². The molecule has 3 aliphatic rings. The molecule has 5 rings (SSSR count). The van der Waals surface area contributed by atoms with Gasteiger partial charge in [-0.2, -0.15) is 5.10 Å². The van der Waals surface area contributed by atoms with Crippen LogP contribution in [0.15, 0.2) is 18.5 Å². The number of likely N-dealkylation sites (tertiary alicyclic amines) is 1. The third-order valence-electron chi connectivity index (χ3n) is 5.83. The number of halogens is 2. The molecule has 2 fully saturated rings. The number of nitrogens with one attached hydrogen (secondary N) is 1. The number of fused-ring (bicyclic) bond motifs is 1. The SMILES string of the molecule is Cl.Cl.O=C(C1CC1)N1CCCC(Cn2ccnc2-c2cc3n(n2)CCNC3)C1. The lowest BCUT2D eigenvalue weighted by Gasteiger charge is -2.33. The summed E-state index contributed by atoms with van der Waals surface area (Å²) in [6.45, 7) is 5.48. The van der Waals surface area contributed by atoms with Crippen molar-refractivity contribution >= 4 is 30.7 Å². The van der Waals surface area contributed by atoms with Gasteiger partial charge in [-0.25, -0.2) is 4.98 Å². The molecule has 1 N–H and O–H groups in total. The van der Waals surface area contributed by atoms with Crippen molar-refractivity contribution < 1.29 is 4.79 Å². The fourth-order valence-corrected chi connectivity index (χ4v) is 4.27. The number of rotatable bonds is 4. The van der Waals surface area contributed by atoms with Crippen LogP contribution < -0.4 is 5.32 Å². The highest BCUT2D eigenvalue weighted by Gasteiger charge is 2.35. The number of carbonyl (C=O) groups is 1. The Morgan fingerprint density at radius 1 is 1.21 bits per heavy atom. The lowest BCUT2D eigenvalue weighted by molar-refractivity contribution is -0.134. The van der Waals surface area contributed by atoms with Crippen molar-refractivity contribution in [3.05, 3.63) is 24.2 Å². The van der Waals surface area contributed by atoms with Gasteiger partial charge in [-0.3, -0.25) is 9.48 Å². The minimum absolute atomic E-state index is 0. The minimum Gasteiger partial charge on any atom is -0.342 e. The number of imidazole rings is 1. The van der Waals surface area contributed by atoms with Crippen molar-refractivity contribution in [2.24, 2.45) is 11.8 Å². The quantitative estimate of drug-likeness (QED) is 0.814. The lowest BCUT2D eigenvalue weighted by atomic mass is 9.97. The molecule has 7 nitrogen and oxygen atoms in total. The Kier molecular flexibility index (Phi) is 6.68. The maximum Gasteiger partial charge on any atom is 0.225 e. The number of nitrogens with zero attached hydrogens (tertiary/aromatic N) is 5. The first-order chi connectivity index (χ1) is 12.8. The zero-order valence-electron chi connectivity index (χ0n) is 15.9. The van der Waals surface area contributed by atoms with E-state index in [1.807, 2.05) is 12.4 Å². The van der Waals surface area contributed by atoms with Gasteiger partial charge in [0.25, 0.3) is 0 Å². The number of aromatic nitrogens is 4. The number of hydrogen-bond donors (Lipinski definition) is 1. The molecule has 1 amide bonds. The standard InChI is InChI=1S/C19H26N6O.2ClH/c26-19(15-3-4-15)24-7-1-2-14(13-24)12-23-8-6-21-18(23)17-10-16-11-20-5-9-25(16)22-17;;/h6,8,10,14-15,20H,1-5,7,9,11-13H2;2*1H. The first-order valence-corrected chi connectivity index (χ1v) is 9.85. The topological polar surface area (TPSA) is 68.0 Å². The first kappa shape index (κ1) is 21.1. The molecule has 0 radical (unpaired) electrons. The van der Waals surface area contributed by atoms with Crippen LogP contribution in [0.3, 0.4) is 0 Å². The zero-order chi connectivity index (χ0) is 17.5. The summed E-state index contributed by atoms with van der Waals surface area (Å²) >= 11 is 0. The van der Waals surface area contributed by atoms with E-state index in [0.29, 0.717) is 17.7 Å². The Morgan fingerprint density at radius 3 is 2.86 bits per heavy atom. The van der Waals surface area contributed by atoms with E-state index in [2.05, 4.69) is 30.5 Å². The van der Waals surface area contributed by atoms with Crippen molar-refractivity contribution in [3.8, 4) is 11.5 Å². The highest BCUT2D eigenvalue weighted by molar-refractivity contribution is 5.85. The van der Waals surface area contributed by atoms with Crippen molar-refractivity contribution in [2.75, 3.05) is 19.6 Å². The van der Waals surface area contributed by atoms with Crippen LogP contribution in [0.5, 0.6) is 0 Å². The molecule has 2 aliphatic heterocycles. The summed E-state index contributed by atoms with van der Waals surface area (Å²) in [5, 5.41) is 8.13. The van der Waals surface area contributed by atoms with E-state index in [4.69, 9.17) is 5.10 Å². The number of amides is 1. The average Bonchev–Trinajstić information content (AvgIpc) is 3.26. The predicted molar refractivity (Wildman–Crippen MR) is 112 cm³/mol. The van der Waals surface area contributed by atoms with Gasteiger partial charge >= 0.3 is 0 Å². The van der Waals surface area contributed by atoms with Crippen LogP contribution in [0.25, 0.3) is 11.5 Å². The summed E-state index contributed by atoms with van der Waals surface area (Å²) in [6.07, 6.45) is 8.37. The maximum atomic E-state index is 12.4. The molecule has 1 saturated carbocycles. The number of carbonyl (C=O) groups excluding carboxylic acids is 1. The Hall–Kier alpha value is -1.57. The van der Waals surface area contributed by atoms with Crippen LogP contribution >= 0.6 is 24.8 Å². The molecular formula is C19H28Cl2N6O. The van der Waals surface area contributed by atoms with Crippen LogP contribution in [-0.4, -0.2) is 49.8 Å². The van der Waals surface area contributed by atoms with Crippen LogP contribution in [-0.2, 0) is 24.4 Å². The molecule has 0 bridgehead atoms. The summed E-state index contributed by atoms with van der Waals surface area (Å²) in [4.78, 5) is 19.1. The van der Waals surface area contributed by atoms with E-state index in [9.17, 15) is 4.79 Å². The van der Waals surface area contributed by atoms with Gasteiger partial charge in [0.05, 0.1) is 12.2 Å². The van der Waals surface area contributed by atoms with Gasteiger partial charge in [-0.15, -0.1) is 24.8 Å². The van der Waals surface area contributed by atoms with Crippen LogP contribution in [0.2, 0.25) is 0 Å². The normalized spacial score (nSPS) is 21.4. The van der Waals surface area contributed by atoms with Crippen molar-refractivity contribution in [1.82, 2.24) is 29.5 Å². The molecule has 2 aromatic rings. The van der Waals surface area contributed by atoms with Gasteiger partial charge in [0, 0.05) is 51.0 Å². The third-order valence-corrected chi connectivity index (χ3v) is 5.83. The summed E-state index contributed by atoms with van der Waals surface area (Å²) in [6, 6.07) is 2.15. The smallest absolute Gasteiger partial charge is 0.225 e. The molecule has 1 atom stereocenters. The molecule has 154 valence electrons. The lowest BCUT2D eigenvalue weighted by Crippen LogP contribution is -2.41. The Bertz CT molecular complexity index is 792. The maximum absolute atomic E-state index is 12.4. The molecule has 1 saturated heterocycles. The molecule has 9 heteroatoms. The molecule has 28 heavy (non-hydrogen) atoms. The van der Waals surface area contributed by atoms with Crippen molar-refractivity contribution in [3.63, 3.8) is 0 Å². The molecule has 0 spiro atoms. The van der Waals surface area contributed by atoms with E-state index in [-0.39, 0.29) is 24.8 Å². The Balaban J connectivity index is 0.00000112. The monoisotopic (exact) mass is 426 g/mol. The second-order valence-electron chi connectivity index (χ2n) is 7.89. The molecule has 1 unspecified atom stereocenters. The Labute approximate surface area is 177 Å². The van der Waals surface area contributed by atoms with Crippen molar-refractivity contribution in [2.45, 2.75) is 45.3 Å². The summed E-state index contributed by atoms with van der Waals surface area (Å²) < 4.78 is 4.30. The second kappa shape index (κ2) is 8.84. The van der Waals surface area contributed by atoms with Crippen LogP contribution in [0, 0.1) is 11.8 Å². The Morgan fingerprint density at radius 2 is 2.07 bits per heavy atom. The predicted octanol–water partition coefficient (Wildman–Crippen LogP) is 2.34. The second-order valence-corrected chi connectivity index (χ2v) is 7.89. The van der Waals surface area contributed by atoms with E-state index in [1.54, 1.807) is 0 Å². The van der Waals surface area contributed by atoms with E-state index < -0.39 is 0 Å². The van der Waals surface area contributed by atoms with Gasteiger partial charge in [-0.1, -0.05) is 0 Å². The van der Waals surface area contributed by atoms with E-state index in [0.717, 1.165) is 70.0 Å². The van der Waals surface area contributed by atoms with Crippen molar-refractivity contribution in [1.29, 1.82) is 0 Å². The average molecular weight is 427 g/mol. The third kappa shape index (κ3) is 4.21. The highest BCUT2D eigenvalue weighted by atomic mass is 35.5.